The number of ether oxygens (including phenoxy) is 3. The van der Waals surface area contributed by atoms with Crippen molar-refractivity contribution < 1.29 is 33.0 Å². The Morgan fingerprint density at radius 2 is 1.59 bits per heavy atom. The number of hydrogen-bond donors (Lipinski definition) is 0. The summed E-state index contributed by atoms with van der Waals surface area (Å²) in [4.78, 5) is 42.6. The maximum Gasteiger partial charge on any atom is 0.330 e. The molecule has 3 aliphatic heterocycles. The van der Waals surface area contributed by atoms with E-state index in [1.807, 2.05) is 12.1 Å². The summed E-state index contributed by atoms with van der Waals surface area (Å²) in [5, 5.41) is 6.12. The first kappa shape index (κ1) is 24.8. The molecule has 0 bridgehead atoms. The second-order valence-corrected chi connectivity index (χ2v) is 10.3. The van der Waals surface area contributed by atoms with Gasteiger partial charge in [-0.25, -0.2) is 4.39 Å². The molecule has 3 atom stereocenters. The molecule has 39 heavy (non-hydrogen) atoms. The minimum absolute atomic E-state index is 0.211. The molecular formula is C30H25FN2O6. The fourth-order valence-electron chi connectivity index (χ4n) is 5.98. The lowest BCUT2D eigenvalue weighted by atomic mass is 9.65. The van der Waals surface area contributed by atoms with Gasteiger partial charge in [0.2, 0.25) is 5.41 Å². The Bertz CT molecular complexity index is 1500. The maximum atomic E-state index is 14.2. The largest absolute Gasteiger partial charge is 0.497 e. The predicted molar refractivity (Wildman–Crippen MR) is 138 cm³/mol. The molecule has 6 rings (SSSR count). The van der Waals surface area contributed by atoms with E-state index in [9.17, 15) is 18.8 Å². The number of benzene rings is 3. The van der Waals surface area contributed by atoms with Gasteiger partial charge in [-0.05, 0) is 53.1 Å². The molecular weight excluding hydrogens is 503 g/mol. The SMILES string of the molecule is COc1ccc([C@@H]2[C@@H](C(=O)c3ccc(F)cc3)N3N=Cc4ccccc4[C@H]3C23C(=O)OC(C)(C)OC3=O)cc1. The molecule has 3 heterocycles. The number of Topliss-reactive ketones (excluding diaryl/α,β-unsaturated/α-hetero) is 1. The van der Waals surface area contributed by atoms with Gasteiger partial charge in [-0.2, -0.15) is 5.10 Å². The van der Waals surface area contributed by atoms with Crippen LogP contribution in [0.5, 0.6) is 5.75 Å². The van der Waals surface area contributed by atoms with Gasteiger partial charge in [-0.15, -0.1) is 0 Å². The number of methoxy groups -OCH3 is 1. The zero-order chi connectivity index (χ0) is 27.5. The van der Waals surface area contributed by atoms with Crippen LogP contribution in [0.1, 0.15) is 52.9 Å². The average Bonchev–Trinajstić information content (AvgIpc) is 3.24. The minimum Gasteiger partial charge on any atom is -0.497 e. The van der Waals surface area contributed by atoms with Crippen LogP contribution in [0.4, 0.5) is 4.39 Å². The molecule has 0 aromatic heterocycles. The standard InChI is InChI=1S/C30H25FN2O6/c1-29(2)38-27(35)30(28(36)39-29)23(17-10-14-21(37-3)15-11-17)24(25(34)18-8-12-20(31)13-9-18)33-26(30)22-7-5-4-6-19(22)16-32-33/h4-16,23-24,26H,1-3H3/t23-,24+,26+/m1/s1. The van der Waals surface area contributed by atoms with E-state index in [1.165, 1.54) is 50.2 Å². The van der Waals surface area contributed by atoms with Crippen LogP contribution in [0.15, 0.2) is 77.9 Å². The van der Waals surface area contributed by atoms with Crippen molar-refractivity contribution in [1.29, 1.82) is 0 Å². The van der Waals surface area contributed by atoms with Crippen LogP contribution in [0, 0.1) is 11.2 Å². The van der Waals surface area contributed by atoms with E-state index in [-0.39, 0.29) is 5.56 Å². The van der Waals surface area contributed by atoms with Crippen LogP contribution in [-0.2, 0) is 19.1 Å². The van der Waals surface area contributed by atoms with Gasteiger partial charge < -0.3 is 14.2 Å². The normalized spacial score (nSPS) is 24.0. The Balaban J connectivity index is 1.64. The van der Waals surface area contributed by atoms with E-state index in [0.717, 1.165) is 0 Å². The number of carbonyl (C=O) groups is 3. The molecule has 0 aliphatic carbocycles. The number of cyclic esters (lactones) is 2. The zero-order valence-corrected chi connectivity index (χ0v) is 21.5. The van der Waals surface area contributed by atoms with E-state index in [0.29, 0.717) is 22.4 Å². The van der Waals surface area contributed by atoms with E-state index >= 15 is 0 Å². The molecule has 0 unspecified atom stereocenters. The number of hydrazone groups is 1. The lowest BCUT2D eigenvalue weighted by Gasteiger charge is -2.44. The first-order chi connectivity index (χ1) is 18.7. The van der Waals surface area contributed by atoms with Crippen LogP contribution in [0.3, 0.4) is 0 Å². The summed E-state index contributed by atoms with van der Waals surface area (Å²) in [7, 11) is 1.52. The monoisotopic (exact) mass is 528 g/mol. The Kier molecular flexibility index (Phi) is 5.57. The quantitative estimate of drug-likeness (QED) is 0.282. The molecule has 2 saturated heterocycles. The zero-order valence-electron chi connectivity index (χ0n) is 21.5. The first-order valence-corrected chi connectivity index (χ1v) is 12.5. The topological polar surface area (TPSA) is 94.5 Å². The first-order valence-electron chi connectivity index (χ1n) is 12.5. The van der Waals surface area contributed by atoms with Crippen molar-refractivity contribution in [3.8, 4) is 5.75 Å². The van der Waals surface area contributed by atoms with E-state index in [2.05, 4.69) is 5.10 Å². The summed E-state index contributed by atoms with van der Waals surface area (Å²) in [6, 6.07) is 17.1. The molecule has 198 valence electrons. The molecule has 3 aromatic carbocycles. The average molecular weight is 529 g/mol. The summed E-state index contributed by atoms with van der Waals surface area (Å²) < 4.78 is 30.6. The highest BCUT2D eigenvalue weighted by Gasteiger charge is 2.75. The van der Waals surface area contributed by atoms with Gasteiger partial charge in [0.15, 0.2) is 5.78 Å². The molecule has 3 aromatic rings. The molecule has 0 amide bonds. The van der Waals surface area contributed by atoms with E-state index in [4.69, 9.17) is 14.2 Å². The number of esters is 2. The van der Waals surface area contributed by atoms with Crippen molar-refractivity contribution in [2.45, 2.75) is 37.6 Å². The predicted octanol–water partition coefficient (Wildman–Crippen LogP) is 4.40. The summed E-state index contributed by atoms with van der Waals surface area (Å²) in [6.45, 7) is 2.97. The number of carbonyl (C=O) groups excluding carboxylic acids is 3. The lowest BCUT2D eigenvalue weighted by molar-refractivity contribution is -0.254. The Morgan fingerprint density at radius 3 is 2.23 bits per heavy atom. The van der Waals surface area contributed by atoms with Crippen molar-refractivity contribution in [3.63, 3.8) is 0 Å². The third-order valence-corrected chi connectivity index (χ3v) is 7.63. The maximum absolute atomic E-state index is 14.2. The van der Waals surface area contributed by atoms with Crippen LogP contribution in [-0.4, -0.2) is 47.9 Å². The molecule has 3 aliphatic rings. The number of fused-ring (bicyclic) bond motifs is 4. The van der Waals surface area contributed by atoms with E-state index < -0.39 is 52.7 Å². The Hall–Kier alpha value is -4.53. The van der Waals surface area contributed by atoms with Gasteiger partial charge in [0.1, 0.15) is 23.7 Å². The van der Waals surface area contributed by atoms with Crippen molar-refractivity contribution in [1.82, 2.24) is 5.01 Å². The van der Waals surface area contributed by atoms with Gasteiger partial charge in [-0.1, -0.05) is 36.4 Å². The Morgan fingerprint density at radius 1 is 0.949 bits per heavy atom. The van der Waals surface area contributed by atoms with Gasteiger partial charge in [0.25, 0.3) is 5.79 Å². The van der Waals surface area contributed by atoms with Crippen molar-refractivity contribution in [2.24, 2.45) is 10.5 Å². The van der Waals surface area contributed by atoms with Crippen LogP contribution in [0.2, 0.25) is 0 Å². The van der Waals surface area contributed by atoms with E-state index in [1.54, 1.807) is 42.6 Å². The molecule has 0 radical (unpaired) electrons. The highest BCUT2D eigenvalue weighted by Crippen LogP contribution is 2.63. The van der Waals surface area contributed by atoms with Crippen LogP contribution >= 0.6 is 0 Å². The van der Waals surface area contributed by atoms with Crippen molar-refractivity contribution >= 4 is 23.9 Å². The molecule has 1 spiro atoms. The second-order valence-electron chi connectivity index (χ2n) is 10.3. The fraction of sp³-hybridized carbons (Fsp3) is 0.267. The number of halogens is 1. The van der Waals surface area contributed by atoms with Gasteiger partial charge in [0, 0.05) is 25.3 Å². The summed E-state index contributed by atoms with van der Waals surface area (Å²) in [5.41, 5.74) is 0.0914. The molecule has 0 N–H and O–H groups in total. The molecule has 2 fully saturated rings. The van der Waals surface area contributed by atoms with Crippen molar-refractivity contribution in [2.75, 3.05) is 7.11 Å². The molecule has 9 heteroatoms. The van der Waals surface area contributed by atoms with Gasteiger partial charge in [-0.3, -0.25) is 19.4 Å². The second kappa shape index (κ2) is 8.76. The van der Waals surface area contributed by atoms with Crippen LogP contribution < -0.4 is 4.74 Å². The summed E-state index contributed by atoms with van der Waals surface area (Å²) in [6.07, 6.45) is 1.60. The number of hydrogen-bond acceptors (Lipinski definition) is 8. The summed E-state index contributed by atoms with van der Waals surface area (Å²) in [5.74, 6) is -4.54. The number of ketones is 1. The number of rotatable bonds is 4. The number of nitrogens with zero attached hydrogens (tertiary/aromatic N) is 2. The van der Waals surface area contributed by atoms with Crippen LogP contribution in [0.25, 0.3) is 0 Å². The minimum atomic E-state index is -1.97. The third-order valence-electron chi connectivity index (χ3n) is 7.63. The third kappa shape index (κ3) is 3.64. The summed E-state index contributed by atoms with van der Waals surface area (Å²) >= 11 is 0. The van der Waals surface area contributed by atoms with Gasteiger partial charge >= 0.3 is 11.9 Å². The highest BCUT2D eigenvalue weighted by atomic mass is 19.1. The Labute approximate surface area is 224 Å². The smallest absolute Gasteiger partial charge is 0.330 e. The highest BCUT2D eigenvalue weighted by molar-refractivity contribution is 6.09. The van der Waals surface area contributed by atoms with Gasteiger partial charge in [0.05, 0.1) is 13.3 Å². The molecule has 0 saturated carbocycles. The van der Waals surface area contributed by atoms with Crippen molar-refractivity contribution in [3.05, 3.63) is 101 Å². The fourth-order valence-corrected chi connectivity index (χ4v) is 5.98. The lowest BCUT2D eigenvalue weighted by Crippen LogP contribution is -2.58. The molecule has 8 nitrogen and oxygen atoms in total.